The number of imidazole rings is 1. The third kappa shape index (κ3) is 6.41. The first-order valence-corrected chi connectivity index (χ1v) is 12.2. The van der Waals surface area contributed by atoms with Crippen LogP contribution in [0.2, 0.25) is 0 Å². The number of nitrogens with one attached hydrogen (secondary N) is 1. The lowest BCUT2D eigenvalue weighted by molar-refractivity contribution is 0.0950. The Kier molecular flexibility index (Phi) is 8.39. The zero-order valence-electron chi connectivity index (χ0n) is 20.5. The summed E-state index contributed by atoms with van der Waals surface area (Å²) in [6.07, 6.45) is 3.82. The lowest BCUT2D eigenvalue weighted by atomic mass is 10.1. The van der Waals surface area contributed by atoms with E-state index in [9.17, 15) is 4.79 Å². The van der Waals surface area contributed by atoms with Crippen molar-refractivity contribution in [2.75, 3.05) is 20.3 Å². The van der Waals surface area contributed by atoms with Crippen LogP contribution in [0.1, 0.15) is 41.0 Å². The Balaban J connectivity index is 1.27. The van der Waals surface area contributed by atoms with Gasteiger partial charge in [0.1, 0.15) is 23.9 Å². The molecule has 35 heavy (non-hydrogen) atoms. The van der Waals surface area contributed by atoms with E-state index in [4.69, 9.17) is 14.5 Å². The molecule has 6 nitrogen and oxygen atoms in total. The zero-order chi connectivity index (χ0) is 24.5. The molecule has 3 aromatic carbocycles. The molecule has 1 aromatic heterocycles. The number of methoxy groups -OCH3 is 1. The summed E-state index contributed by atoms with van der Waals surface area (Å²) in [7, 11) is 1.58. The Labute approximate surface area is 206 Å². The van der Waals surface area contributed by atoms with E-state index in [0.717, 1.165) is 54.8 Å². The number of rotatable bonds is 12. The van der Waals surface area contributed by atoms with E-state index in [1.165, 1.54) is 5.56 Å². The number of fused-ring (bicyclic) bond motifs is 1. The highest BCUT2D eigenvalue weighted by atomic mass is 16.5. The molecule has 0 saturated heterocycles. The van der Waals surface area contributed by atoms with Crippen LogP contribution < -0.4 is 14.8 Å². The first-order valence-electron chi connectivity index (χ1n) is 12.2. The Hall–Kier alpha value is -3.80. The number of ether oxygens (including phenoxy) is 2. The lowest BCUT2D eigenvalue weighted by Gasteiger charge is -2.11. The maximum atomic E-state index is 12.4. The molecule has 0 aliphatic heterocycles. The van der Waals surface area contributed by atoms with Gasteiger partial charge in [-0.1, -0.05) is 42.8 Å². The fourth-order valence-corrected chi connectivity index (χ4v) is 4.24. The van der Waals surface area contributed by atoms with Gasteiger partial charge < -0.3 is 19.4 Å². The zero-order valence-corrected chi connectivity index (χ0v) is 20.5. The minimum absolute atomic E-state index is 0.0992. The number of benzene rings is 3. The van der Waals surface area contributed by atoms with E-state index in [-0.39, 0.29) is 5.91 Å². The fourth-order valence-electron chi connectivity index (χ4n) is 4.24. The Morgan fingerprint density at radius 2 is 1.80 bits per heavy atom. The predicted octanol–water partition coefficient (Wildman–Crippen LogP) is 5.58. The van der Waals surface area contributed by atoms with Crippen LogP contribution in [0.3, 0.4) is 0 Å². The number of carbonyl (C=O) groups excluding carboxylic acids is 1. The molecule has 0 aliphatic rings. The van der Waals surface area contributed by atoms with Gasteiger partial charge in [0.25, 0.3) is 5.91 Å². The number of hydrogen-bond acceptors (Lipinski definition) is 4. The number of hydrogen-bond donors (Lipinski definition) is 1. The molecule has 0 unspecified atom stereocenters. The minimum atomic E-state index is -0.0992. The third-order valence-corrected chi connectivity index (χ3v) is 6.02. The Bertz CT molecular complexity index is 1270. The normalized spacial score (nSPS) is 10.9. The second-order valence-corrected chi connectivity index (χ2v) is 8.60. The first-order chi connectivity index (χ1) is 17.2. The smallest absolute Gasteiger partial charge is 0.255 e. The highest BCUT2D eigenvalue weighted by Gasteiger charge is 2.12. The maximum Gasteiger partial charge on any atom is 0.255 e. The summed E-state index contributed by atoms with van der Waals surface area (Å²) in [6, 6.07) is 23.7. The topological polar surface area (TPSA) is 65.4 Å². The predicted molar refractivity (Wildman–Crippen MR) is 139 cm³/mol. The molecule has 0 aliphatic carbocycles. The molecule has 1 N–H and O–H groups in total. The summed E-state index contributed by atoms with van der Waals surface area (Å²) in [4.78, 5) is 17.3. The van der Waals surface area contributed by atoms with Gasteiger partial charge >= 0.3 is 0 Å². The molecule has 4 aromatic rings. The van der Waals surface area contributed by atoms with Crippen LogP contribution in [-0.2, 0) is 13.0 Å². The van der Waals surface area contributed by atoms with Crippen molar-refractivity contribution in [2.24, 2.45) is 0 Å². The van der Waals surface area contributed by atoms with Crippen molar-refractivity contribution in [1.82, 2.24) is 14.9 Å². The van der Waals surface area contributed by atoms with Crippen LogP contribution in [0.15, 0.2) is 72.8 Å². The average molecular weight is 472 g/mol. The molecule has 4 rings (SSSR count). The third-order valence-electron chi connectivity index (χ3n) is 6.02. The molecule has 0 atom stereocenters. The Morgan fingerprint density at radius 3 is 2.66 bits per heavy atom. The van der Waals surface area contributed by atoms with E-state index in [1.807, 2.05) is 30.3 Å². The molecule has 0 bridgehead atoms. The number of carbonyl (C=O) groups is 1. The van der Waals surface area contributed by atoms with E-state index in [0.29, 0.717) is 24.5 Å². The van der Waals surface area contributed by atoms with Gasteiger partial charge in [-0.05, 0) is 61.7 Å². The van der Waals surface area contributed by atoms with Crippen molar-refractivity contribution in [1.29, 1.82) is 0 Å². The molecule has 1 heterocycles. The number of aromatic nitrogens is 2. The van der Waals surface area contributed by atoms with Crippen LogP contribution in [-0.4, -0.2) is 35.7 Å². The maximum absolute atomic E-state index is 12.4. The fraction of sp³-hybridized carbons (Fsp3) is 0.310. The summed E-state index contributed by atoms with van der Waals surface area (Å²) in [5, 5.41) is 3.00. The Morgan fingerprint density at radius 1 is 0.971 bits per heavy atom. The summed E-state index contributed by atoms with van der Waals surface area (Å²) in [5.74, 6) is 2.47. The second-order valence-electron chi connectivity index (χ2n) is 8.60. The second kappa shape index (κ2) is 12.1. The standard InChI is InChI=1S/C29H33N3O3/c1-22-11-10-12-23(21-22)35-20-19-32-26-15-7-6-14-25(26)31-28(32)17-4-3-9-18-30-29(33)24-13-5-8-16-27(24)34-2/h5-8,10-16,21H,3-4,9,17-20H2,1-2H3,(H,30,33). The molecule has 0 radical (unpaired) electrons. The number of amides is 1. The van der Waals surface area contributed by atoms with Gasteiger partial charge in [-0.25, -0.2) is 4.98 Å². The van der Waals surface area contributed by atoms with Gasteiger partial charge in [0, 0.05) is 13.0 Å². The molecular weight excluding hydrogens is 438 g/mol. The van der Waals surface area contributed by atoms with Gasteiger partial charge in [0.05, 0.1) is 30.3 Å². The van der Waals surface area contributed by atoms with Crippen LogP contribution >= 0.6 is 0 Å². The van der Waals surface area contributed by atoms with Crippen LogP contribution in [0.25, 0.3) is 11.0 Å². The van der Waals surface area contributed by atoms with Gasteiger partial charge in [-0.15, -0.1) is 0 Å². The summed E-state index contributed by atoms with van der Waals surface area (Å²) in [6.45, 7) is 4.04. The van der Waals surface area contributed by atoms with E-state index in [1.54, 1.807) is 19.2 Å². The number of aryl methyl sites for hydroxylation is 2. The summed E-state index contributed by atoms with van der Waals surface area (Å²) < 4.78 is 13.5. The van der Waals surface area contributed by atoms with Crippen LogP contribution in [0.4, 0.5) is 0 Å². The highest BCUT2D eigenvalue weighted by Crippen LogP contribution is 2.19. The van der Waals surface area contributed by atoms with Crippen LogP contribution in [0, 0.1) is 6.92 Å². The van der Waals surface area contributed by atoms with Gasteiger partial charge in [0.15, 0.2) is 0 Å². The summed E-state index contributed by atoms with van der Waals surface area (Å²) >= 11 is 0. The van der Waals surface area contributed by atoms with E-state index < -0.39 is 0 Å². The van der Waals surface area contributed by atoms with Gasteiger partial charge in [-0.2, -0.15) is 0 Å². The van der Waals surface area contributed by atoms with Crippen molar-refractivity contribution in [2.45, 2.75) is 39.2 Å². The SMILES string of the molecule is COc1ccccc1C(=O)NCCCCCc1nc2ccccc2n1CCOc1cccc(C)c1. The van der Waals surface area contributed by atoms with Crippen LogP contribution in [0.5, 0.6) is 11.5 Å². The van der Waals surface area contributed by atoms with Gasteiger partial charge in [0.2, 0.25) is 0 Å². The van der Waals surface area contributed by atoms with Crippen molar-refractivity contribution >= 4 is 16.9 Å². The molecule has 182 valence electrons. The highest BCUT2D eigenvalue weighted by molar-refractivity contribution is 5.96. The van der Waals surface area contributed by atoms with Crippen molar-refractivity contribution in [3.63, 3.8) is 0 Å². The van der Waals surface area contributed by atoms with E-state index in [2.05, 4.69) is 47.1 Å². The first kappa shape index (κ1) is 24.3. The number of para-hydroxylation sites is 3. The summed E-state index contributed by atoms with van der Waals surface area (Å²) in [5.41, 5.74) is 3.91. The van der Waals surface area contributed by atoms with Crippen molar-refractivity contribution in [3.8, 4) is 11.5 Å². The lowest BCUT2D eigenvalue weighted by Crippen LogP contribution is -2.24. The van der Waals surface area contributed by atoms with Crippen molar-refractivity contribution < 1.29 is 14.3 Å². The monoisotopic (exact) mass is 471 g/mol. The number of unbranched alkanes of at least 4 members (excludes halogenated alkanes) is 2. The molecule has 0 fully saturated rings. The quantitative estimate of drug-likeness (QED) is 0.274. The molecular formula is C29H33N3O3. The molecule has 0 saturated carbocycles. The molecule has 0 spiro atoms. The molecule has 1 amide bonds. The average Bonchev–Trinajstić information content (AvgIpc) is 3.23. The molecule has 6 heteroatoms. The van der Waals surface area contributed by atoms with Gasteiger partial charge in [-0.3, -0.25) is 4.79 Å². The van der Waals surface area contributed by atoms with Crippen molar-refractivity contribution in [3.05, 3.63) is 89.7 Å². The van der Waals surface area contributed by atoms with E-state index >= 15 is 0 Å². The largest absolute Gasteiger partial charge is 0.496 e. The number of nitrogens with zero attached hydrogens (tertiary/aromatic N) is 2. The minimum Gasteiger partial charge on any atom is -0.496 e.